The van der Waals surface area contributed by atoms with Gasteiger partial charge in [-0.05, 0) is 18.6 Å². The summed E-state index contributed by atoms with van der Waals surface area (Å²) in [6, 6.07) is 1.22. The molecule has 19 heavy (non-hydrogen) atoms. The minimum Gasteiger partial charge on any atom is -0.477 e. The van der Waals surface area contributed by atoms with E-state index >= 15 is 0 Å². The topological polar surface area (TPSA) is 92.9 Å². The van der Waals surface area contributed by atoms with Crippen LogP contribution in [0.5, 0.6) is 0 Å². The van der Waals surface area contributed by atoms with E-state index in [9.17, 15) is 9.59 Å². The zero-order chi connectivity index (χ0) is 14.0. The number of hydrogen-bond donors (Lipinski definition) is 2. The van der Waals surface area contributed by atoms with Gasteiger partial charge in [0.05, 0.1) is 13.2 Å². The fourth-order valence-electron chi connectivity index (χ4n) is 2.09. The van der Waals surface area contributed by atoms with E-state index in [-0.39, 0.29) is 0 Å². The van der Waals surface area contributed by atoms with Gasteiger partial charge in [-0.1, -0.05) is 0 Å². The fraction of sp³-hybridized carbons (Fsp3) is 0.500. The minimum absolute atomic E-state index is 0.296. The molecule has 1 aromatic rings. The van der Waals surface area contributed by atoms with Crippen molar-refractivity contribution in [2.45, 2.75) is 19.5 Å². The molecular weight excluding hydrogens is 268 g/mol. The summed E-state index contributed by atoms with van der Waals surface area (Å²) in [5.41, 5.74) is 6.28. The van der Waals surface area contributed by atoms with Crippen molar-refractivity contribution in [2.24, 2.45) is 5.73 Å². The molecule has 6 nitrogen and oxygen atoms in total. The van der Waals surface area contributed by atoms with E-state index < -0.39 is 17.9 Å². The lowest BCUT2D eigenvalue weighted by molar-refractivity contribution is -0.129. The third kappa shape index (κ3) is 3.12. The summed E-state index contributed by atoms with van der Waals surface area (Å²) in [6.45, 7) is 3.87. The highest BCUT2D eigenvalue weighted by Crippen LogP contribution is 2.24. The van der Waals surface area contributed by atoms with Crippen LogP contribution in [0.4, 0.5) is 0 Å². The Bertz CT molecular complexity index is 500. The number of nitrogens with two attached hydrogens (primary N) is 1. The Kier molecular flexibility index (Phi) is 4.18. The number of primary amides is 1. The Balaban J connectivity index is 2.14. The molecule has 2 heterocycles. The van der Waals surface area contributed by atoms with E-state index in [0.717, 1.165) is 10.4 Å². The standard InChI is InChI=1S/C12H16N2O4S/c1-7-8(4-10(19-7)12(16)17)5-14-2-3-18-6-9(14)11(13)15/h4,9H,2-3,5-6H2,1H3,(H2,13,15)(H,16,17). The number of thiophene rings is 1. The molecule has 1 aliphatic heterocycles. The van der Waals surface area contributed by atoms with Gasteiger partial charge in [-0.2, -0.15) is 0 Å². The monoisotopic (exact) mass is 284 g/mol. The number of aryl methyl sites for hydroxylation is 1. The lowest BCUT2D eigenvalue weighted by Crippen LogP contribution is -2.51. The first-order valence-corrected chi connectivity index (χ1v) is 6.74. The lowest BCUT2D eigenvalue weighted by Gasteiger charge is -2.33. The van der Waals surface area contributed by atoms with Crippen LogP contribution >= 0.6 is 11.3 Å². The number of carboxylic acid groups (broad SMARTS) is 1. The Morgan fingerprint density at radius 3 is 2.95 bits per heavy atom. The van der Waals surface area contributed by atoms with E-state index in [1.54, 1.807) is 6.07 Å². The predicted octanol–water partition coefficient (Wildman–Crippen LogP) is 0.441. The van der Waals surface area contributed by atoms with Gasteiger partial charge in [-0.3, -0.25) is 9.69 Å². The van der Waals surface area contributed by atoms with Crippen molar-refractivity contribution in [3.63, 3.8) is 0 Å². The van der Waals surface area contributed by atoms with Crippen LogP contribution in [0.25, 0.3) is 0 Å². The quantitative estimate of drug-likeness (QED) is 0.837. The van der Waals surface area contributed by atoms with Crippen molar-refractivity contribution in [3.05, 3.63) is 21.4 Å². The van der Waals surface area contributed by atoms with Crippen LogP contribution in [0, 0.1) is 6.92 Å². The number of hydrogen-bond acceptors (Lipinski definition) is 5. The maximum absolute atomic E-state index is 11.4. The molecule has 3 N–H and O–H groups in total. The zero-order valence-corrected chi connectivity index (χ0v) is 11.4. The van der Waals surface area contributed by atoms with Gasteiger partial charge in [0.1, 0.15) is 10.9 Å². The van der Waals surface area contributed by atoms with Crippen LogP contribution in [-0.4, -0.2) is 47.7 Å². The summed E-state index contributed by atoms with van der Waals surface area (Å²) >= 11 is 1.25. The van der Waals surface area contributed by atoms with Crippen molar-refractivity contribution in [3.8, 4) is 0 Å². The number of nitrogens with zero attached hydrogens (tertiary/aromatic N) is 1. The summed E-state index contributed by atoms with van der Waals surface area (Å²) in [5, 5.41) is 8.97. The smallest absolute Gasteiger partial charge is 0.345 e. The highest BCUT2D eigenvalue weighted by atomic mass is 32.1. The molecule has 0 radical (unpaired) electrons. The molecular formula is C12H16N2O4S. The molecule has 104 valence electrons. The summed E-state index contributed by atoms with van der Waals surface area (Å²) < 4.78 is 5.25. The van der Waals surface area contributed by atoms with Crippen molar-refractivity contribution < 1.29 is 19.4 Å². The number of rotatable bonds is 4. The maximum atomic E-state index is 11.4. The van der Waals surface area contributed by atoms with Crippen molar-refractivity contribution in [2.75, 3.05) is 19.8 Å². The van der Waals surface area contributed by atoms with Crippen LogP contribution < -0.4 is 5.73 Å². The van der Waals surface area contributed by atoms with Gasteiger partial charge < -0.3 is 15.6 Å². The molecule has 1 amide bonds. The molecule has 0 aliphatic carbocycles. The average Bonchev–Trinajstić information content (AvgIpc) is 2.72. The maximum Gasteiger partial charge on any atom is 0.345 e. The zero-order valence-electron chi connectivity index (χ0n) is 10.6. The van der Waals surface area contributed by atoms with E-state index in [4.69, 9.17) is 15.6 Å². The van der Waals surface area contributed by atoms with Gasteiger partial charge in [-0.25, -0.2) is 4.79 Å². The first kappa shape index (κ1) is 14.0. The molecule has 0 bridgehead atoms. The third-order valence-corrected chi connectivity index (χ3v) is 4.25. The first-order valence-electron chi connectivity index (χ1n) is 5.92. The average molecular weight is 284 g/mol. The Labute approximate surface area is 114 Å². The van der Waals surface area contributed by atoms with Crippen LogP contribution in [0.3, 0.4) is 0 Å². The SMILES string of the molecule is Cc1sc(C(=O)O)cc1CN1CCOCC1C(N)=O. The second-order valence-electron chi connectivity index (χ2n) is 4.46. The Hall–Kier alpha value is -1.44. The highest BCUT2D eigenvalue weighted by Gasteiger charge is 2.28. The summed E-state index contributed by atoms with van der Waals surface area (Å²) in [4.78, 5) is 25.5. The first-order chi connectivity index (χ1) is 8.99. The van der Waals surface area contributed by atoms with E-state index in [2.05, 4.69) is 0 Å². The number of aromatic carboxylic acids is 1. The van der Waals surface area contributed by atoms with E-state index in [1.807, 2.05) is 11.8 Å². The van der Waals surface area contributed by atoms with Gasteiger partial charge in [-0.15, -0.1) is 11.3 Å². The van der Waals surface area contributed by atoms with Crippen molar-refractivity contribution >= 4 is 23.2 Å². The van der Waals surface area contributed by atoms with Crippen molar-refractivity contribution in [1.29, 1.82) is 0 Å². The molecule has 1 aliphatic rings. The molecule has 2 rings (SSSR count). The second kappa shape index (κ2) is 5.68. The molecule has 0 saturated carbocycles. The number of carbonyl (C=O) groups excluding carboxylic acids is 1. The summed E-state index contributed by atoms with van der Waals surface area (Å²) in [5.74, 6) is -1.33. The number of carbonyl (C=O) groups is 2. The molecule has 0 spiro atoms. The molecule has 1 saturated heterocycles. The van der Waals surface area contributed by atoms with Gasteiger partial charge in [0.15, 0.2) is 0 Å². The fourth-order valence-corrected chi connectivity index (χ4v) is 2.96. The number of ether oxygens (including phenoxy) is 1. The Morgan fingerprint density at radius 2 is 2.37 bits per heavy atom. The van der Waals surface area contributed by atoms with Crippen molar-refractivity contribution in [1.82, 2.24) is 4.90 Å². The largest absolute Gasteiger partial charge is 0.477 e. The molecule has 1 fully saturated rings. The van der Waals surface area contributed by atoms with Gasteiger partial charge >= 0.3 is 5.97 Å². The molecule has 1 unspecified atom stereocenters. The molecule has 0 aromatic carbocycles. The minimum atomic E-state index is -0.923. The van der Waals surface area contributed by atoms with Gasteiger partial charge in [0.2, 0.25) is 5.91 Å². The number of amides is 1. The second-order valence-corrected chi connectivity index (χ2v) is 5.72. The summed E-state index contributed by atoms with van der Waals surface area (Å²) in [6.07, 6.45) is 0. The normalized spacial score (nSPS) is 20.4. The third-order valence-electron chi connectivity index (χ3n) is 3.17. The lowest BCUT2D eigenvalue weighted by atomic mass is 10.1. The van der Waals surface area contributed by atoms with Crippen LogP contribution in [0.2, 0.25) is 0 Å². The van der Waals surface area contributed by atoms with Crippen LogP contribution in [-0.2, 0) is 16.1 Å². The number of carboxylic acids is 1. The Morgan fingerprint density at radius 1 is 1.63 bits per heavy atom. The van der Waals surface area contributed by atoms with Crippen LogP contribution in [0.1, 0.15) is 20.1 Å². The van der Waals surface area contributed by atoms with E-state index in [1.165, 1.54) is 11.3 Å². The van der Waals surface area contributed by atoms with E-state index in [0.29, 0.717) is 31.2 Å². The van der Waals surface area contributed by atoms with Gasteiger partial charge in [0.25, 0.3) is 0 Å². The van der Waals surface area contributed by atoms with Gasteiger partial charge in [0, 0.05) is 18.0 Å². The van der Waals surface area contributed by atoms with Crippen LogP contribution in [0.15, 0.2) is 6.07 Å². The summed E-state index contributed by atoms with van der Waals surface area (Å²) in [7, 11) is 0. The predicted molar refractivity (Wildman–Crippen MR) is 70.2 cm³/mol. The molecule has 1 atom stereocenters. The molecule has 1 aromatic heterocycles. The number of morpholine rings is 1. The molecule has 7 heteroatoms. The highest BCUT2D eigenvalue weighted by molar-refractivity contribution is 7.14.